The summed E-state index contributed by atoms with van der Waals surface area (Å²) in [7, 11) is 0. The first kappa shape index (κ1) is 12.9. The summed E-state index contributed by atoms with van der Waals surface area (Å²) in [5, 5.41) is 0. The number of benzene rings is 2. The van der Waals surface area contributed by atoms with Crippen LogP contribution in [0.1, 0.15) is 40.7 Å². The van der Waals surface area contributed by atoms with Crippen LogP contribution in [0.2, 0.25) is 0 Å². The highest BCUT2D eigenvalue weighted by Gasteiger charge is 2.10. The van der Waals surface area contributed by atoms with Crippen LogP contribution >= 0.6 is 0 Å². The third-order valence-corrected chi connectivity index (χ3v) is 3.74. The summed E-state index contributed by atoms with van der Waals surface area (Å²) in [5.74, 6) is 0.576. The van der Waals surface area contributed by atoms with Gasteiger partial charge in [0.05, 0.1) is 0 Å². The minimum Gasteiger partial charge on any atom is -0.0620 e. The molecule has 2 rings (SSSR count). The molecule has 0 fully saturated rings. The third-order valence-electron chi connectivity index (χ3n) is 3.74. The van der Waals surface area contributed by atoms with Crippen molar-refractivity contribution in [2.45, 2.75) is 40.0 Å². The zero-order valence-corrected chi connectivity index (χ0v) is 11.8. The molecule has 94 valence electrons. The van der Waals surface area contributed by atoms with Gasteiger partial charge >= 0.3 is 0 Å². The van der Waals surface area contributed by atoms with Crippen molar-refractivity contribution in [1.82, 2.24) is 0 Å². The second-order valence-electron chi connectivity index (χ2n) is 5.39. The Balaban J connectivity index is 2.22. The highest BCUT2D eigenvalue weighted by molar-refractivity contribution is 5.35. The van der Waals surface area contributed by atoms with Crippen LogP contribution in [-0.4, -0.2) is 0 Å². The van der Waals surface area contributed by atoms with Gasteiger partial charge < -0.3 is 0 Å². The second-order valence-corrected chi connectivity index (χ2v) is 5.39. The Hall–Kier alpha value is -1.56. The smallest absolute Gasteiger partial charge is 0.0147 e. The SMILES string of the molecule is Cc1ccc(C(C)Cc2ccccc2C)c(C)c1. The summed E-state index contributed by atoms with van der Waals surface area (Å²) in [6.45, 7) is 8.90. The molecular formula is C18H22. The number of rotatable bonds is 3. The molecule has 2 aromatic carbocycles. The fourth-order valence-electron chi connectivity index (χ4n) is 2.66. The van der Waals surface area contributed by atoms with Crippen molar-refractivity contribution < 1.29 is 0 Å². The van der Waals surface area contributed by atoms with E-state index in [0.717, 1.165) is 6.42 Å². The van der Waals surface area contributed by atoms with Gasteiger partial charge in [0.15, 0.2) is 0 Å². The van der Waals surface area contributed by atoms with E-state index < -0.39 is 0 Å². The zero-order valence-electron chi connectivity index (χ0n) is 11.8. The largest absolute Gasteiger partial charge is 0.0620 e. The van der Waals surface area contributed by atoms with Crippen molar-refractivity contribution in [2.24, 2.45) is 0 Å². The minimum absolute atomic E-state index is 0.576. The Kier molecular flexibility index (Phi) is 3.86. The Morgan fingerprint density at radius 1 is 0.889 bits per heavy atom. The Morgan fingerprint density at radius 3 is 2.28 bits per heavy atom. The monoisotopic (exact) mass is 238 g/mol. The number of hydrogen-bond donors (Lipinski definition) is 0. The topological polar surface area (TPSA) is 0 Å². The lowest BCUT2D eigenvalue weighted by molar-refractivity contribution is 0.749. The molecule has 0 nitrogen and oxygen atoms in total. The predicted octanol–water partition coefficient (Wildman–Crippen LogP) is 4.96. The van der Waals surface area contributed by atoms with Crippen molar-refractivity contribution in [3.8, 4) is 0 Å². The van der Waals surface area contributed by atoms with Crippen LogP contribution in [0, 0.1) is 20.8 Å². The van der Waals surface area contributed by atoms with Crippen molar-refractivity contribution in [1.29, 1.82) is 0 Å². The third kappa shape index (κ3) is 2.81. The van der Waals surface area contributed by atoms with Crippen molar-refractivity contribution >= 4 is 0 Å². The maximum atomic E-state index is 2.32. The molecule has 0 aliphatic heterocycles. The Morgan fingerprint density at radius 2 is 1.61 bits per heavy atom. The van der Waals surface area contributed by atoms with E-state index in [9.17, 15) is 0 Å². The van der Waals surface area contributed by atoms with E-state index in [1.165, 1.54) is 27.8 Å². The summed E-state index contributed by atoms with van der Waals surface area (Å²) in [4.78, 5) is 0. The van der Waals surface area contributed by atoms with Crippen LogP contribution in [0.3, 0.4) is 0 Å². The van der Waals surface area contributed by atoms with E-state index in [4.69, 9.17) is 0 Å². The van der Waals surface area contributed by atoms with Crippen molar-refractivity contribution in [2.75, 3.05) is 0 Å². The molecule has 1 unspecified atom stereocenters. The van der Waals surface area contributed by atoms with Gasteiger partial charge in [0, 0.05) is 0 Å². The van der Waals surface area contributed by atoms with Gasteiger partial charge in [0.2, 0.25) is 0 Å². The van der Waals surface area contributed by atoms with E-state index in [0.29, 0.717) is 5.92 Å². The average Bonchev–Trinajstić information content (AvgIpc) is 2.32. The number of aryl methyl sites for hydroxylation is 3. The fourth-order valence-corrected chi connectivity index (χ4v) is 2.66. The van der Waals surface area contributed by atoms with Crippen molar-refractivity contribution in [3.63, 3.8) is 0 Å². The molecule has 0 bridgehead atoms. The first-order valence-electron chi connectivity index (χ1n) is 6.69. The summed E-state index contributed by atoms with van der Waals surface area (Å²) in [5.41, 5.74) is 7.10. The van der Waals surface area contributed by atoms with Gasteiger partial charge in [-0.3, -0.25) is 0 Å². The van der Waals surface area contributed by atoms with E-state index in [1.54, 1.807) is 0 Å². The molecule has 18 heavy (non-hydrogen) atoms. The highest BCUT2D eigenvalue weighted by atomic mass is 14.1. The van der Waals surface area contributed by atoms with Crippen LogP contribution in [0.15, 0.2) is 42.5 Å². The molecule has 0 aliphatic rings. The fraction of sp³-hybridized carbons (Fsp3) is 0.333. The molecule has 0 saturated carbocycles. The summed E-state index contributed by atoms with van der Waals surface area (Å²) < 4.78 is 0. The molecule has 2 aromatic rings. The van der Waals surface area contributed by atoms with Crippen LogP contribution < -0.4 is 0 Å². The quantitative estimate of drug-likeness (QED) is 0.709. The molecule has 0 heterocycles. The zero-order chi connectivity index (χ0) is 13.1. The molecule has 0 spiro atoms. The molecule has 0 radical (unpaired) electrons. The second kappa shape index (κ2) is 5.39. The average molecular weight is 238 g/mol. The molecule has 0 N–H and O–H groups in total. The van der Waals surface area contributed by atoms with E-state index in [2.05, 4.69) is 70.2 Å². The van der Waals surface area contributed by atoms with E-state index >= 15 is 0 Å². The van der Waals surface area contributed by atoms with Crippen LogP contribution in [0.5, 0.6) is 0 Å². The first-order chi connectivity index (χ1) is 8.58. The molecule has 0 aromatic heterocycles. The van der Waals surface area contributed by atoms with Crippen LogP contribution in [0.4, 0.5) is 0 Å². The maximum absolute atomic E-state index is 2.32. The lowest BCUT2D eigenvalue weighted by Crippen LogP contribution is -2.02. The van der Waals surface area contributed by atoms with Gasteiger partial charge in [-0.2, -0.15) is 0 Å². The molecular weight excluding hydrogens is 216 g/mol. The minimum atomic E-state index is 0.576. The summed E-state index contributed by atoms with van der Waals surface area (Å²) in [6, 6.07) is 15.5. The van der Waals surface area contributed by atoms with Crippen molar-refractivity contribution in [3.05, 3.63) is 70.3 Å². The van der Waals surface area contributed by atoms with Gasteiger partial charge in [-0.15, -0.1) is 0 Å². The summed E-state index contributed by atoms with van der Waals surface area (Å²) in [6.07, 6.45) is 1.12. The van der Waals surface area contributed by atoms with E-state index in [1.807, 2.05) is 0 Å². The Bertz CT molecular complexity index is 537. The number of hydrogen-bond acceptors (Lipinski definition) is 0. The van der Waals surface area contributed by atoms with Crippen LogP contribution in [-0.2, 0) is 6.42 Å². The van der Waals surface area contributed by atoms with Gasteiger partial charge in [0.1, 0.15) is 0 Å². The van der Waals surface area contributed by atoms with Crippen LogP contribution in [0.25, 0.3) is 0 Å². The first-order valence-corrected chi connectivity index (χ1v) is 6.69. The molecule has 1 atom stereocenters. The molecule has 0 aliphatic carbocycles. The molecule has 0 saturated heterocycles. The Labute approximate surface area is 111 Å². The lowest BCUT2D eigenvalue weighted by atomic mass is 9.89. The molecule has 0 amide bonds. The maximum Gasteiger partial charge on any atom is -0.0147 e. The van der Waals surface area contributed by atoms with E-state index in [-0.39, 0.29) is 0 Å². The van der Waals surface area contributed by atoms with Gasteiger partial charge in [0.25, 0.3) is 0 Å². The highest BCUT2D eigenvalue weighted by Crippen LogP contribution is 2.25. The van der Waals surface area contributed by atoms with Gasteiger partial charge in [-0.25, -0.2) is 0 Å². The normalized spacial score (nSPS) is 12.4. The summed E-state index contributed by atoms with van der Waals surface area (Å²) >= 11 is 0. The predicted molar refractivity (Wildman–Crippen MR) is 79.2 cm³/mol. The van der Waals surface area contributed by atoms with Gasteiger partial charge in [-0.05, 0) is 55.4 Å². The lowest BCUT2D eigenvalue weighted by Gasteiger charge is -2.16. The van der Waals surface area contributed by atoms with Gasteiger partial charge in [-0.1, -0.05) is 55.0 Å². The molecule has 0 heteroatoms. The standard InChI is InChI=1S/C18H22/c1-13-9-10-18(15(3)11-13)16(4)12-17-8-6-5-7-14(17)2/h5-11,16H,12H2,1-4H3.